The van der Waals surface area contributed by atoms with E-state index in [1.54, 1.807) is 37.4 Å². The number of halogens is 4. The lowest BCUT2D eigenvalue weighted by atomic mass is 10.0. The maximum absolute atomic E-state index is 13.1. The molecule has 1 heterocycles. The molecule has 2 aromatic carbocycles. The summed E-state index contributed by atoms with van der Waals surface area (Å²) in [6.07, 6.45) is -4.55. The van der Waals surface area contributed by atoms with E-state index in [1.165, 1.54) is 6.07 Å². The lowest BCUT2D eigenvalue weighted by Gasteiger charge is -2.10. The summed E-state index contributed by atoms with van der Waals surface area (Å²) in [5.41, 5.74) is -0.0818. The lowest BCUT2D eigenvalue weighted by molar-refractivity contribution is -0.137. The Balaban J connectivity index is 2.21. The fourth-order valence-electron chi connectivity index (χ4n) is 2.55. The van der Waals surface area contributed by atoms with Crippen LogP contribution in [0.1, 0.15) is 5.56 Å². The van der Waals surface area contributed by atoms with E-state index < -0.39 is 11.7 Å². The van der Waals surface area contributed by atoms with Gasteiger partial charge in [0.2, 0.25) is 5.88 Å². The molecule has 7 heteroatoms. The quantitative estimate of drug-likeness (QED) is 0.593. The number of hydrogen-bond acceptors (Lipinski definition) is 3. The molecule has 3 aromatic rings. The number of rotatable bonds is 3. The van der Waals surface area contributed by atoms with Crippen LogP contribution in [-0.2, 0) is 6.18 Å². The third-order valence-electron chi connectivity index (χ3n) is 3.66. The van der Waals surface area contributed by atoms with Crippen molar-refractivity contribution in [2.45, 2.75) is 6.18 Å². The van der Waals surface area contributed by atoms with Crippen molar-refractivity contribution in [3.63, 3.8) is 0 Å². The van der Waals surface area contributed by atoms with Crippen molar-refractivity contribution in [2.24, 2.45) is 0 Å². The first-order chi connectivity index (χ1) is 11.8. The maximum atomic E-state index is 13.1. The predicted molar refractivity (Wildman–Crippen MR) is 90.8 cm³/mol. The largest absolute Gasteiger partial charge is 0.504 e. The molecule has 0 bridgehead atoms. The standard InChI is InChI=1S/C18H13ClF3NO2/c1-23-17-14(11-7-12(18(20,21)22)9-13(19)8-11)15(24)16(25-17)10-5-3-2-4-6-10/h2-9,23-24H,1H3. The highest BCUT2D eigenvalue weighted by molar-refractivity contribution is 6.31. The van der Waals surface area contributed by atoms with E-state index >= 15 is 0 Å². The molecule has 0 radical (unpaired) electrons. The molecular formula is C18H13ClF3NO2. The van der Waals surface area contributed by atoms with E-state index in [0.717, 1.165) is 12.1 Å². The Morgan fingerprint density at radius 1 is 1.04 bits per heavy atom. The Labute approximate surface area is 146 Å². The molecule has 3 rings (SSSR count). The van der Waals surface area contributed by atoms with Gasteiger partial charge in [0.15, 0.2) is 11.5 Å². The summed E-state index contributed by atoms with van der Waals surface area (Å²) in [7, 11) is 1.55. The Hall–Kier alpha value is -2.60. The third-order valence-corrected chi connectivity index (χ3v) is 3.88. The number of aromatic hydroxyl groups is 1. The summed E-state index contributed by atoms with van der Waals surface area (Å²) in [6.45, 7) is 0. The molecule has 1 aromatic heterocycles. The molecule has 0 unspecified atom stereocenters. The van der Waals surface area contributed by atoms with Crippen LogP contribution in [0, 0.1) is 0 Å². The van der Waals surface area contributed by atoms with E-state index in [2.05, 4.69) is 5.32 Å². The van der Waals surface area contributed by atoms with Crippen molar-refractivity contribution >= 4 is 17.5 Å². The van der Waals surface area contributed by atoms with Gasteiger partial charge in [0, 0.05) is 17.6 Å². The van der Waals surface area contributed by atoms with Gasteiger partial charge in [0.25, 0.3) is 0 Å². The smallest absolute Gasteiger partial charge is 0.416 e. The molecule has 0 atom stereocenters. The predicted octanol–water partition coefficient (Wildman–Crippen LogP) is 6.03. The van der Waals surface area contributed by atoms with E-state index in [1.807, 2.05) is 0 Å². The number of furan rings is 1. The van der Waals surface area contributed by atoms with E-state index in [9.17, 15) is 18.3 Å². The average Bonchev–Trinajstić information content (AvgIpc) is 2.91. The van der Waals surface area contributed by atoms with Gasteiger partial charge in [0.1, 0.15) is 0 Å². The number of benzene rings is 2. The first kappa shape index (κ1) is 17.2. The first-order valence-corrected chi connectivity index (χ1v) is 7.66. The van der Waals surface area contributed by atoms with Crippen molar-refractivity contribution in [2.75, 3.05) is 12.4 Å². The molecule has 25 heavy (non-hydrogen) atoms. The molecule has 0 aliphatic carbocycles. The molecule has 0 aliphatic rings. The molecule has 0 fully saturated rings. The van der Waals surface area contributed by atoms with Crippen LogP contribution >= 0.6 is 11.6 Å². The Morgan fingerprint density at radius 3 is 2.32 bits per heavy atom. The molecule has 0 saturated carbocycles. The fraction of sp³-hybridized carbons (Fsp3) is 0.111. The summed E-state index contributed by atoms with van der Waals surface area (Å²) < 4.78 is 44.8. The zero-order chi connectivity index (χ0) is 18.2. The minimum atomic E-state index is -4.55. The van der Waals surface area contributed by atoms with E-state index in [0.29, 0.717) is 5.56 Å². The van der Waals surface area contributed by atoms with Gasteiger partial charge >= 0.3 is 6.18 Å². The summed E-state index contributed by atoms with van der Waals surface area (Å²) >= 11 is 5.84. The highest BCUT2D eigenvalue weighted by Gasteiger charge is 2.32. The number of anilines is 1. The number of hydrogen-bond donors (Lipinski definition) is 2. The topological polar surface area (TPSA) is 45.4 Å². The Bertz CT molecular complexity index is 905. The SMILES string of the molecule is CNc1oc(-c2ccccc2)c(O)c1-c1cc(Cl)cc(C(F)(F)F)c1. The Kier molecular flexibility index (Phi) is 4.39. The highest BCUT2D eigenvalue weighted by Crippen LogP contribution is 2.47. The second-order valence-electron chi connectivity index (χ2n) is 5.33. The van der Waals surface area contributed by atoms with Crippen molar-refractivity contribution in [1.82, 2.24) is 0 Å². The number of alkyl halides is 3. The maximum Gasteiger partial charge on any atom is 0.416 e. The molecular weight excluding hydrogens is 355 g/mol. The average molecular weight is 368 g/mol. The van der Waals surface area contributed by atoms with Crippen LogP contribution in [0.15, 0.2) is 52.9 Å². The van der Waals surface area contributed by atoms with Gasteiger partial charge in [-0.15, -0.1) is 0 Å². The van der Waals surface area contributed by atoms with Gasteiger partial charge in [-0.05, 0) is 23.8 Å². The summed E-state index contributed by atoms with van der Waals surface area (Å²) in [6, 6.07) is 11.9. The van der Waals surface area contributed by atoms with Crippen LogP contribution in [0.4, 0.5) is 19.1 Å². The minimum absolute atomic E-state index is 0.0891. The van der Waals surface area contributed by atoms with Gasteiger partial charge < -0.3 is 14.8 Å². The first-order valence-electron chi connectivity index (χ1n) is 7.28. The highest BCUT2D eigenvalue weighted by atomic mass is 35.5. The van der Waals surface area contributed by atoms with Crippen LogP contribution in [0.3, 0.4) is 0 Å². The van der Waals surface area contributed by atoms with Gasteiger partial charge in [-0.25, -0.2) is 0 Å². The molecule has 130 valence electrons. The van der Waals surface area contributed by atoms with Crippen molar-refractivity contribution in [1.29, 1.82) is 0 Å². The van der Waals surface area contributed by atoms with Crippen molar-refractivity contribution in [3.8, 4) is 28.2 Å². The van der Waals surface area contributed by atoms with Gasteiger partial charge in [0.05, 0.1) is 11.1 Å². The van der Waals surface area contributed by atoms with Crippen LogP contribution in [0.25, 0.3) is 22.5 Å². The van der Waals surface area contributed by atoms with Crippen LogP contribution < -0.4 is 5.32 Å². The number of nitrogens with one attached hydrogen (secondary N) is 1. The molecule has 0 spiro atoms. The molecule has 3 nitrogen and oxygen atoms in total. The lowest BCUT2D eigenvalue weighted by Crippen LogP contribution is -2.05. The Morgan fingerprint density at radius 2 is 1.72 bits per heavy atom. The summed E-state index contributed by atoms with van der Waals surface area (Å²) in [4.78, 5) is 0. The van der Waals surface area contributed by atoms with E-state index in [4.69, 9.17) is 16.0 Å². The third kappa shape index (κ3) is 3.30. The van der Waals surface area contributed by atoms with Gasteiger partial charge in [-0.1, -0.05) is 41.9 Å². The van der Waals surface area contributed by atoms with Crippen LogP contribution in [0.2, 0.25) is 5.02 Å². The molecule has 0 aliphatic heterocycles. The summed E-state index contributed by atoms with van der Waals surface area (Å²) in [5.74, 6) is 0.0474. The van der Waals surface area contributed by atoms with Crippen molar-refractivity contribution < 1.29 is 22.7 Å². The monoisotopic (exact) mass is 367 g/mol. The van der Waals surface area contributed by atoms with Crippen molar-refractivity contribution in [3.05, 3.63) is 59.1 Å². The second kappa shape index (κ2) is 6.37. The summed E-state index contributed by atoms with van der Waals surface area (Å²) in [5, 5.41) is 13.2. The molecule has 2 N–H and O–H groups in total. The zero-order valence-electron chi connectivity index (χ0n) is 13.0. The van der Waals surface area contributed by atoms with Gasteiger partial charge in [-0.2, -0.15) is 13.2 Å². The molecule has 0 saturated heterocycles. The van der Waals surface area contributed by atoms with Crippen LogP contribution in [-0.4, -0.2) is 12.2 Å². The second-order valence-corrected chi connectivity index (χ2v) is 5.76. The van der Waals surface area contributed by atoms with Crippen LogP contribution in [0.5, 0.6) is 5.75 Å². The molecule has 0 amide bonds. The fourth-order valence-corrected chi connectivity index (χ4v) is 2.78. The zero-order valence-corrected chi connectivity index (χ0v) is 13.7. The van der Waals surface area contributed by atoms with Gasteiger partial charge in [-0.3, -0.25) is 0 Å². The van der Waals surface area contributed by atoms with E-state index in [-0.39, 0.29) is 33.5 Å². The minimum Gasteiger partial charge on any atom is -0.504 e. The normalized spacial score (nSPS) is 11.6.